The summed E-state index contributed by atoms with van der Waals surface area (Å²) in [7, 11) is 0. The van der Waals surface area contributed by atoms with Crippen LogP contribution in [0.25, 0.3) is 5.69 Å². The molecule has 0 atom stereocenters. The average Bonchev–Trinajstić information content (AvgIpc) is 2.52. The van der Waals surface area contributed by atoms with Crippen LogP contribution in [0.2, 0.25) is 0 Å². The van der Waals surface area contributed by atoms with Gasteiger partial charge in [0.15, 0.2) is 0 Å². The highest BCUT2D eigenvalue weighted by molar-refractivity contribution is 5.39. The number of aromatic nitrogens is 3. The molecule has 0 saturated carbocycles. The summed E-state index contributed by atoms with van der Waals surface area (Å²) in [6.07, 6.45) is 1.36. The number of halogens is 1. The van der Waals surface area contributed by atoms with Crippen molar-refractivity contribution in [2.75, 3.05) is 0 Å². The zero-order valence-corrected chi connectivity index (χ0v) is 7.49. The second-order valence-electron chi connectivity index (χ2n) is 2.96. The minimum absolute atomic E-state index is 0.317. The highest BCUT2D eigenvalue weighted by atomic mass is 19.1. The zero-order valence-electron chi connectivity index (χ0n) is 7.49. The molecular weight excluding hydrogens is 185 g/mol. The predicted octanol–water partition coefficient (Wildman–Crippen LogP) is 1.01. The number of aromatic amines is 1. The number of hydrogen-bond donors (Lipinski definition) is 1. The topological polar surface area (TPSA) is 50.7 Å². The van der Waals surface area contributed by atoms with Crippen LogP contribution in [0.1, 0.15) is 5.56 Å². The minimum atomic E-state index is -0.334. The van der Waals surface area contributed by atoms with Crippen molar-refractivity contribution in [2.24, 2.45) is 0 Å². The molecule has 1 N–H and O–H groups in total. The van der Waals surface area contributed by atoms with Crippen LogP contribution in [0.3, 0.4) is 0 Å². The molecule has 0 radical (unpaired) electrons. The van der Waals surface area contributed by atoms with Gasteiger partial charge in [-0.15, -0.1) is 0 Å². The van der Waals surface area contributed by atoms with Crippen LogP contribution < -0.4 is 5.69 Å². The molecule has 1 heterocycles. The summed E-state index contributed by atoms with van der Waals surface area (Å²) in [5, 5.41) is 5.87. The van der Waals surface area contributed by atoms with Crippen molar-refractivity contribution in [3.05, 3.63) is 46.4 Å². The van der Waals surface area contributed by atoms with Crippen LogP contribution in [0, 0.1) is 12.7 Å². The van der Waals surface area contributed by atoms with E-state index in [0.717, 1.165) is 0 Å². The van der Waals surface area contributed by atoms with Gasteiger partial charge in [-0.3, -0.25) is 0 Å². The van der Waals surface area contributed by atoms with Gasteiger partial charge < -0.3 is 0 Å². The number of nitrogens with one attached hydrogen (secondary N) is 1. The minimum Gasteiger partial charge on any atom is -0.250 e. The fourth-order valence-electron chi connectivity index (χ4n) is 1.31. The third kappa shape index (κ3) is 1.32. The number of rotatable bonds is 1. The summed E-state index contributed by atoms with van der Waals surface area (Å²) in [5.41, 5.74) is 0.985. The highest BCUT2D eigenvalue weighted by Gasteiger charge is 2.04. The molecule has 0 saturated heterocycles. The van der Waals surface area contributed by atoms with Gasteiger partial charge in [-0.1, -0.05) is 0 Å². The van der Waals surface area contributed by atoms with Gasteiger partial charge in [0.1, 0.15) is 12.1 Å². The van der Waals surface area contributed by atoms with Gasteiger partial charge in [0.05, 0.1) is 5.69 Å². The molecule has 14 heavy (non-hydrogen) atoms. The van der Waals surface area contributed by atoms with E-state index in [1.165, 1.54) is 23.0 Å². The van der Waals surface area contributed by atoms with Gasteiger partial charge in [0.2, 0.25) is 0 Å². The third-order valence-corrected chi connectivity index (χ3v) is 1.97. The molecule has 0 bridgehead atoms. The van der Waals surface area contributed by atoms with Crippen LogP contribution in [0.4, 0.5) is 4.39 Å². The molecular formula is C9H8FN3O. The summed E-state index contributed by atoms with van der Waals surface area (Å²) in [6.45, 7) is 1.73. The Hall–Kier alpha value is -1.91. The van der Waals surface area contributed by atoms with Crippen LogP contribution in [-0.2, 0) is 0 Å². The molecule has 2 rings (SSSR count). The standard InChI is InChI=1S/C9H8FN3O/c1-6-4-7(10)2-3-8(6)13-5-11-12-9(13)14/h2-5H,1H3,(H,12,14). The van der Waals surface area contributed by atoms with Crippen molar-refractivity contribution < 1.29 is 4.39 Å². The largest absolute Gasteiger partial charge is 0.347 e. The van der Waals surface area contributed by atoms with E-state index in [9.17, 15) is 9.18 Å². The SMILES string of the molecule is Cc1cc(F)ccc1-n1cn[nH]c1=O. The van der Waals surface area contributed by atoms with Gasteiger partial charge in [0, 0.05) is 0 Å². The summed E-state index contributed by atoms with van der Waals surface area (Å²) < 4.78 is 14.1. The van der Waals surface area contributed by atoms with E-state index in [1.54, 1.807) is 13.0 Å². The van der Waals surface area contributed by atoms with Crippen LogP contribution in [0.5, 0.6) is 0 Å². The van der Waals surface area contributed by atoms with Crippen LogP contribution >= 0.6 is 0 Å². The fourth-order valence-corrected chi connectivity index (χ4v) is 1.31. The van der Waals surface area contributed by atoms with Gasteiger partial charge in [-0.05, 0) is 30.7 Å². The van der Waals surface area contributed by atoms with E-state index in [4.69, 9.17) is 0 Å². The van der Waals surface area contributed by atoms with E-state index in [0.29, 0.717) is 11.3 Å². The second kappa shape index (κ2) is 3.10. The molecule has 0 aliphatic heterocycles. The Morgan fingerprint density at radius 3 is 2.86 bits per heavy atom. The Kier molecular flexibility index (Phi) is 1.92. The van der Waals surface area contributed by atoms with Crippen molar-refractivity contribution in [3.63, 3.8) is 0 Å². The molecule has 2 aromatic rings. The third-order valence-electron chi connectivity index (χ3n) is 1.97. The van der Waals surface area contributed by atoms with Crippen molar-refractivity contribution in [3.8, 4) is 5.69 Å². The molecule has 0 fully saturated rings. The maximum atomic E-state index is 12.8. The highest BCUT2D eigenvalue weighted by Crippen LogP contribution is 2.12. The lowest BCUT2D eigenvalue weighted by Crippen LogP contribution is -2.15. The normalized spacial score (nSPS) is 10.4. The average molecular weight is 193 g/mol. The lowest BCUT2D eigenvalue weighted by atomic mass is 10.2. The number of aryl methyl sites for hydroxylation is 1. The molecule has 1 aromatic carbocycles. The molecule has 0 spiro atoms. The first-order valence-corrected chi connectivity index (χ1v) is 4.07. The maximum absolute atomic E-state index is 12.8. The number of H-pyrrole nitrogens is 1. The molecule has 5 heteroatoms. The van der Waals surface area contributed by atoms with E-state index < -0.39 is 0 Å². The Balaban J connectivity index is 2.63. The van der Waals surface area contributed by atoms with Gasteiger partial charge in [-0.25, -0.2) is 18.9 Å². The first kappa shape index (κ1) is 8.68. The van der Waals surface area contributed by atoms with Crippen LogP contribution in [-0.4, -0.2) is 14.8 Å². The zero-order chi connectivity index (χ0) is 10.1. The van der Waals surface area contributed by atoms with Crippen molar-refractivity contribution in [1.82, 2.24) is 14.8 Å². The molecule has 0 unspecified atom stereocenters. The van der Waals surface area contributed by atoms with Crippen LogP contribution in [0.15, 0.2) is 29.3 Å². The molecule has 4 nitrogen and oxygen atoms in total. The van der Waals surface area contributed by atoms with Gasteiger partial charge in [0.25, 0.3) is 0 Å². The summed E-state index contributed by atoms with van der Waals surface area (Å²) in [4.78, 5) is 11.2. The summed E-state index contributed by atoms with van der Waals surface area (Å²) >= 11 is 0. The molecule has 0 amide bonds. The number of hydrogen-bond acceptors (Lipinski definition) is 2. The van der Waals surface area contributed by atoms with Gasteiger partial charge in [-0.2, -0.15) is 5.10 Å². The Morgan fingerprint density at radius 2 is 2.29 bits per heavy atom. The molecule has 1 aromatic heterocycles. The Morgan fingerprint density at radius 1 is 1.50 bits per heavy atom. The van der Waals surface area contributed by atoms with E-state index in [1.807, 2.05) is 0 Å². The smallest absolute Gasteiger partial charge is 0.250 e. The molecule has 72 valence electrons. The summed E-state index contributed by atoms with van der Waals surface area (Å²) in [6, 6.07) is 4.22. The Labute approximate surface area is 79.0 Å². The molecule has 0 aliphatic rings. The quantitative estimate of drug-likeness (QED) is 0.734. The Bertz CT molecular complexity index is 515. The first-order valence-electron chi connectivity index (χ1n) is 4.07. The van der Waals surface area contributed by atoms with E-state index in [-0.39, 0.29) is 11.5 Å². The molecule has 0 aliphatic carbocycles. The van der Waals surface area contributed by atoms with Crippen molar-refractivity contribution in [1.29, 1.82) is 0 Å². The maximum Gasteiger partial charge on any atom is 0.347 e. The second-order valence-corrected chi connectivity index (χ2v) is 2.96. The van der Waals surface area contributed by atoms with Crippen molar-refractivity contribution >= 4 is 0 Å². The monoisotopic (exact) mass is 193 g/mol. The predicted molar refractivity (Wildman–Crippen MR) is 48.9 cm³/mol. The number of benzene rings is 1. The van der Waals surface area contributed by atoms with E-state index >= 15 is 0 Å². The lowest BCUT2D eigenvalue weighted by Gasteiger charge is -2.03. The van der Waals surface area contributed by atoms with Gasteiger partial charge >= 0.3 is 5.69 Å². The fraction of sp³-hybridized carbons (Fsp3) is 0.111. The lowest BCUT2D eigenvalue weighted by molar-refractivity contribution is 0.626. The van der Waals surface area contributed by atoms with E-state index in [2.05, 4.69) is 10.2 Å². The van der Waals surface area contributed by atoms with Crippen molar-refractivity contribution in [2.45, 2.75) is 6.92 Å². The first-order chi connectivity index (χ1) is 6.68. The summed E-state index contributed by atoms with van der Waals surface area (Å²) in [5.74, 6) is -0.317. The number of nitrogens with zero attached hydrogens (tertiary/aromatic N) is 2.